The molecule has 0 radical (unpaired) electrons. The second-order valence-electron chi connectivity index (χ2n) is 5.15. The van der Waals surface area contributed by atoms with Crippen LogP contribution < -0.4 is 10.2 Å². The SMILES string of the molecule is CNC(=O)c1ccc(-c2cc(C(F)(F)F)cc(N(C)C)n2)cc1. The number of anilines is 1. The van der Waals surface area contributed by atoms with E-state index >= 15 is 0 Å². The molecule has 0 aliphatic heterocycles. The molecule has 0 atom stereocenters. The lowest BCUT2D eigenvalue weighted by Gasteiger charge is -2.16. The Morgan fingerprint density at radius 3 is 2.22 bits per heavy atom. The topological polar surface area (TPSA) is 45.2 Å². The summed E-state index contributed by atoms with van der Waals surface area (Å²) in [5, 5.41) is 2.48. The minimum atomic E-state index is -4.45. The molecule has 1 heterocycles. The molecule has 1 aromatic heterocycles. The Balaban J connectivity index is 2.50. The second kappa shape index (κ2) is 6.28. The van der Waals surface area contributed by atoms with E-state index in [0.717, 1.165) is 12.1 Å². The van der Waals surface area contributed by atoms with Gasteiger partial charge < -0.3 is 10.2 Å². The maximum Gasteiger partial charge on any atom is 0.416 e. The number of nitrogens with one attached hydrogen (secondary N) is 1. The van der Waals surface area contributed by atoms with E-state index in [4.69, 9.17) is 0 Å². The predicted molar refractivity (Wildman–Crippen MR) is 82.4 cm³/mol. The van der Waals surface area contributed by atoms with Crippen LogP contribution in [0.1, 0.15) is 15.9 Å². The molecular weight excluding hydrogens is 307 g/mol. The van der Waals surface area contributed by atoms with E-state index in [9.17, 15) is 18.0 Å². The van der Waals surface area contributed by atoms with Crippen molar-refractivity contribution in [2.75, 3.05) is 26.0 Å². The number of benzene rings is 1. The van der Waals surface area contributed by atoms with Crippen molar-refractivity contribution in [3.05, 3.63) is 47.5 Å². The van der Waals surface area contributed by atoms with Crippen molar-refractivity contribution in [3.8, 4) is 11.3 Å². The van der Waals surface area contributed by atoms with Crippen molar-refractivity contribution < 1.29 is 18.0 Å². The number of nitrogens with zero attached hydrogens (tertiary/aromatic N) is 2. The molecule has 0 bridgehead atoms. The van der Waals surface area contributed by atoms with Gasteiger partial charge in [-0.2, -0.15) is 13.2 Å². The third-order valence-corrected chi connectivity index (χ3v) is 3.27. The number of hydrogen-bond acceptors (Lipinski definition) is 3. The highest BCUT2D eigenvalue weighted by Crippen LogP contribution is 2.33. The van der Waals surface area contributed by atoms with Crippen molar-refractivity contribution >= 4 is 11.7 Å². The van der Waals surface area contributed by atoms with Crippen molar-refractivity contribution in [1.82, 2.24) is 10.3 Å². The minimum Gasteiger partial charge on any atom is -0.363 e. The van der Waals surface area contributed by atoms with Crippen LogP contribution in [0.5, 0.6) is 0 Å². The molecule has 2 aromatic rings. The fourth-order valence-electron chi connectivity index (χ4n) is 1.99. The van der Waals surface area contributed by atoms with Gasteiger partial charge in [-0.05, 0) is 24.3 Å². The Hall–Kier alpha value is -2.57. The molecule has 7 heteroatoms. The van der Waals surface area contributed by atoms with Gasteiger partial charge >= 0.3 is 6.18 Å². The van der Waals surface area contributed by atoms with Crippen LogP contribution in [0.15, 0.2) is 36.4 Å². The average molecular weight is 323 g/mol. The summed E-state index contributed by atoms with van der Waals surface area (Å²) < 4.78 is 39.1. The smallest absolute Gasteiger partial charge is 0.363 e. The highest BCUT2D eigenvalue weighted by molar-refractivity contribution is 5.94. The zero-order valence-corrected chi connectivity index (χ0v) is 12.9. The van der Waals surface area contributed by atoms with Gasteiger partial charge in [-0.3, -0.25) is 4.79 Å². The second-order valence-corrected chi connectivity index (χ2v) is 5.15. The van der Waals surface area contributed by atoms with Crippen LogP contribution in [-0.2, 0) is 6.18 Å². The third kappa shape index (κ3) is 3.80. The first-order chi connectivity index (χ1) is 10.7. The largest absolute Gasteiger partial charge is 0.416 e. The number of aromatic nitrogens is 1. The van der Waals surface area contributed by atoms with Gasteiger partial charge in [-0.1, -0.05) is 12.1 Å². The molecule has 122 valence electrons. The molecule has 23 heavy (non-hydrogen) atoms. The summed E-state index contributed by atoms with van der Waals surface area (Å²) in [7, 11) is 4.76. The summed E-state index contributed by atoms with van der Waals surface area (Å²) in [6.45, 7) is 0. The highest BCUT2D eigenvalue weighted by atomic mass is 19.4. The van der Waals surface area contributed by atoms with E-state index in [-0.39, 0.29) is 17.4 Å². The Labute approximate surface area is 132 Å². The Kier molecular flexibility index (Phi) is 4.58. The van der Waals surface area contributed by atoms with Crippen molar-refractivity contribution in [2.24, 2.45) is 0 Å². The minimum absolute atomic E-state index is 0.201. The summed E-state index contributed by atoms with van der Waals surface area (Å²) in [5.74, 6) is -0.0484. The maximum absolute atomic E-state index is 13.0. The van der Waals surface area contributed by atoms with Crippen LogP contribution in [0.2, 0.25) is 0 Å². The van der Waals surface area contributed by atoms with E-state index in [1.165, 1.54) is 11.9 Å². The van der Waals surface area contributed by atoms with Gasteiger partial charge in [0.2, 0.25) is 0 Å². The lowest BCUT2D eigenvalue weighted by molar-refractivity contribution is -0.137. The van der Waals surface area contributed by atoms with Crippen LogP contribution in [0.4, 0.5) is 19.0 Å². The van der Waals surface area contributed by atoms with E-state index in [1.807, 2.05) is 0 Å². The van der Waals surface area contributed by atoms with Gasteiger partial charge in [0.15, 0.2) is 0 Å². The van der Waals surface area contributed by atoms with Gasteiger partial charge in [0.1, 0.15) is 5.82 Å². The molecule has 1 N–H and O–H groups in total. The Morgan fingerprint density at radius 1 is 1.13 bits per heavy atom. The van der Waals surface area contributed by atoms with Crippen molar-refractivity contribution in [1.29, 1.82) is 0 Å². The van der Waals surface area contributed by atoms with Crippen LogP contribution in [-0.4, -0.2) is 32.0 Å². The molecule has 4 nitrogen and oxygen atoms in total. The number of carbonyl (C=O) groups is 1. The molecular formula is C16H16F3N3O. The standard InChI is InChI=1S/C16H16F3N3O/c1-20-15(23)11-6-4-10(5-7-11)13-8-12(16(17,18)19)9-14(21-13)22(2)3/h4-9H,1-3H3,(H,20,23). The van der Waals surface area contributed by atoms with Gasteiger partial charge in [0.25, 0.3) is 5.91 Å². The van der Waals surface area contributed by atoms with Crippen molar-refractivity contribution in [2.45, 2.75) is 6.18 Å². The summed E-state index contributed by atoms with van der Waals surface area (Å²) in [6, 6.07) is 8.25. The average Bonchev–Trinajstić information content (AvgIpc) is 2.53. The molecule has 0 saturated carbocycles. The predicted octanol–water partition coefficient (Wildman–Crippen LogP) is 3.19. The van der Waals surface area contributed by atoms with Crippen molar-refractivity contribution in [3.63, 3.8) is 0 Å². The molecule has 0 spiro atoms. The number of amides is 1. The molecule has 0 aliphatic rings. The number of hydrogen-bond donors (Lipinski definition) is 1. The zero-order valence-electron chi connectivity index (χ0n) is 12.9. The molecule has 0 saturated heterocycles. The van der Waals surface area contributed by atoms with Gasteiger partial charge in [-0.15, -0.1) is 0 Å². The van der Waals surface area contributed by atoms with E-state index in [2.05, 4.69) is 10.3 Å². The first-order valence-electron chi connectivity index (χ1n) is 6.81. The van der Waals surface area contributed by atoms with E-state index < -0.39 is 11.7 Å². The van der Waals surface area contributed by atoms with Crippen LogP contribution in [0.3, 0.4) is 0 Å². The third-order valence-electron chi connectivity index (χ3n) is 3.27. The first-order valence-corrected chi connectivity index (χ1v) is 6.81. The zero-order chi connectivity index (χ0) is 17.2. The monoisotopic (exact) mass is 323 g/mol. The summed E-state index contributed by atoms with van der Waals surface area (Å²) in [4.78, 5) is 17.3. The number of alkyl halides is 3. The number of carbonyl (C=O) groups excluding carboxylic acids is 1. The molecule has 2 rings (SSSR count). The van der Waals surface area contributed by atoms with Gasteiger partial charge in [0.05, 0.1) is 11.3 Å². The molecule has 0 fully saturated rings. The highest BCUT2D eigenvalue weighted by Gasteiger charge is 2.32. The Morgan fingerprint density at radius 2 is 1.74 bits per heavy atom. The van der Waals surface area contributed by atoms with Gasteiger partial charge in [0, 0.05) is 32.3 Å². The molecule has 1 aromatic carbocycles. The van der Waals surface area contributed by atoms with Crippen LogP contribution in [0, 0.1) is 0 Å². The normalized spacial score (nSPS) is 11.2. The lowest BCUT2D eigenvalue weighted by Crippen LogP contribution is -2.17. The van der Waals surface area contributed by atoms with Gasteiger partial charge in [-0.25, -0.2) is 4.98 Å². The van der Waals surface area contributed by atoms with E-state index in [0.29, 0.717) is 11.1 Å². The summed E-state index contributed by atoms with van der Waals surface area (Å²) in [6.07, 6.45) is -4.45. The molecule has 1 amide bonds. The van der Waals surface area contributed by atoms with E-state index in [1.54, 1.807) is 38.4 Å². The number of pyridine rings is 1. The summed E-state index contributed by atoms with van der Waals surface area (Å²) in [5.41, 5.74) is 0.372. The van der Waals surface area contributed by atoms with Crippen LogP contribution in [0.25, 0.3) is 11.3 Å². The number of halogens is 3. The number of rotatable bonds is 3. The van der Waals surface area contributed by atoms with Crippen LogP contribution >= 0.6 is 0 Å². The molecule has 0 unspecified atom stereocenters. The lowest BCUT2D eigenvalue weighted by atomic mass is 10.1. The Bertz CT molecular complexity index is 710. The summed E-state index contributed by atoms with van der Waals surface area (Å²) >= 11 is 0. The first kappa shape index (κ1) is 16.8. The fraction of sp³-hybridized carbons (Fsp3) is 0.250. The molecule has 0 aliphatic carbocycles. The fourth-order valence-corrected chi connectivity index (χ4v) is 1.99. The maximum atomic E-state index is 13.0. The quantitative estimate of drug-likeness (QED) is 0.943.